The van der Waals surface area contributed by atoms with Crippen LogP contribution in [0.15, 0.2) is 83.0 Å². The fourth-order valence-electron chi connectivity index (χ4n) is 4.51. The van der Waals surface area contributed by atoms with Gasteiger partial charge in [0.05, 0.1) is 31.5 Å². The van der Waals surface area contributed by atoms with Crippen molar-refractivity contribution >= 4 is 17.3 Å². The van der Waals surface area contributed by atoms with Crippen LogP contribution in [0.25, 0.3) is 17.0 Å². The van der Waals surface area contributed by atoms with E-state index < -0.39 is 6.04 Å². The van der Waals surface area contributed by atoms with E-state index in [0.29, 0.717) is 28.7 Å². The molecule has 0 saturated carbocycles. The first-order valence-electron chi connectivity index (χ1n) is 12.0. The number of carbonyl (C=O) groups is 1. The molecule has 1 N–H and O–H groups in total. The van der Waals surface area contributed by atoms with Crippen molar-refractivity contribution < 1.29 is 18.8 Å². The smallest absolute Gasteiger partial charge is 0.326 e. The predicted octanol–water partition coefficient (Wildman–Crippen LogP) is 6.02. The molecule has 0 radical (unpaired) electrons. The number of amides is 2. The Morgan fingerprint density at radius 1 is 0.973 bits per heavy atom. The fraction of sp³-hybridized carbons (Fsp3) is 0.207. The third-order valence-electron chi connectivity index (χ3n) is 6.50. The highest BCUT2D eigenvalue weighted by Gasteiger charge is 2.36. The average Bonchev–Trinajstić information content (AvgIpc) is 3.43. The molecule has 2 heterocycles. The maximum absolute atomic E-state index is 13.5. The summed E-state index contributed by atoms with van der Waals surface area (Å²) in [5, 5.41) is 7.39. The van der Waals surface area contributed by atoms with Gasteiger partial charge >= 0.3 is 6.03 Å². The number of allylic oxidation sites excluding steroid dienone is 1. The minimum atomic E-state index is -0.498. The lowest BCUT2D eigenvalue weighted by atomic mass is 9.94. The molecule has 1 aromatic heterocycles. The molecule has 4 aromatic rings. The number of urea groups is 1. The number of aromatic nitrogens is 2. The number of nitrogens with zero attached hydrogens (tertiary/aromatic N) is 3. The summed E-state index contributed by atoms with van der Waals surface area (Å²) in [4.78, 5) is 19.9. The van der Waals surface area contributed by atoms with Gasteiger partial charge in [0.1, 0.15) is 11.5 Å². The number of nitrogens with one attached hydrogen (secondary N) is 1. The standard InChI is InChI=1S/C29H28N4O4/c1-5-19-8-6-10-22(16-19)33-18(2)25(26(30-29(33)34)20-12-14-23(35-3)15-13-20)28-31-27(32-37-28)21-9-7-11-24(17-21)36-4/h6-17,26H,5H2,1-4H3,(H,30,34). The molecular formula is C29H28N4O4. The first-order valence-corrected chi connectivity index (χ1v) is 12.0. The van der Waals surface area contributed by atoms with Gasteiger partial charge in [0.15, 0.2) is 0 Å². The molecule has 1 unspecified atom stereocenters. The quantitative estimate of drug-likeness (QED) is 0.337. The van der Waals surface area contributed by atoms with Crippen molar-refractivity contribution in [2.24, 2.45) is 0 Å². The summed E-state index contributed by atoms with van der Waals surface area (Å²) >= 11 is 0. The summed E-state index contributed by atoms with van der Waals surface area (Å²) in [6, 6.07) is 22.2. The maximum atomic E-state index is 13.5. The van der Waals surface area contributed by atoms with Crippen LogP contribution < -0.4 is 19.7 Å². The lowest BCUT2D eigenvalue weighted by Crippen LogP contribution is -2.46. The zero-order valence-electron chi connectivity index (χ0n) is 21.2. The van der Waals surface area contributed by atoms with Crippen molar-refractivity contribution in [3.05, 3.63) is 95.5 Å². The Bertz CT molecular complexity index is 1460. The number of ether oxygens (including phenoxy) is 2. The van der Waals surface area contributed by atoms with E-state index >= 15 is 0 Å². The maximum Gasteiger partial charge on any atom is 0.326 e. The summed E-state index contributed by atoms with van der Waals surface area (Å²) < 4.78 is 16.5. The van der Waals surface area contributed by atoms with Crippen molar-refractivity contribution in [1.29, 1.82) is 0 Å². The molecule has 0 aliphatic carbocycles. The molecule has 188 valence electrons. The van der Waals surface area contributed by atoms with E-state index in [1.165, 1.54) is 0 Å². The summed E-state index contributed by atoms with van der Waals surface area (Å²) in [7, 11) is 3.23. The predicted molar refractivity (Wildman–Crippen MR) is 141 cm³/mol. The topological polar surface area (TPSA) is 89.7 Å². The third-order valence-corrected chi connectivity index (χ3v) is 6.50. The second-order valence-electron chi connectivity index (χ2n) is 8.67. The van der Waals surface area contributed by atoms with Gasteiger partial charge in [0.2, 0.25) is 5.82 Å². The molecule has 8 heteroatoms. The number of hydrogen-bond acceptors (Lipinski definition) is 6. The van der Waals surface area contributed by atoms with Crippen LogP contribution in [0, 0.1) is 0 Å². The first-order chi connectivity index (χ1) is 18.0. The van der Waals surface area contributed by atoms with Gasteiger partial charge in [-0.1, -0.05) is 48.5 Å². The van der Waals surface area contributed by atoms with Crippen LogP contribution in [-0.2, 0) is 6.42 Å². The van der Waals surface area contributed by atoms with Gasteiger partial charge in [-0.3, -0.25) is 4.90 Å². The van der Waals surface area contributed by atoms with Crippen LogP contribution in [0.2, 0.25) is 0 Å². The Hall–Kier alpha value is -4.59. The molecule has 37 heavy (non-hydrogen) atoms. The van der Waals surface area contributed by atoms with Gasteiger partial charge in [-0.15, -0.1) is 0 Å². The van der Waals surface area contributed by atoms with E-state index in [-0.39, 0.29) is 6.03 Å². The van der Waals surface area contributed by atoms with E-state index in [0.717, 1.165) is 34.5 Å². The summed E-state index contributed by atoms with van der Waals surface area (Å²) in [6.07, 6.45) is 0.862. The highest BCUT2D eigenvalue weighted by atomic mass is 16.5. The minimum absolute atomic E-state index is 0.233. The Labute approximate surface area is 215 Å². The number of rotatable bonds is 7. The highest BCUT2D eigenvalue weighted by molar-refractivity contribution is 6.01. The van der Waals surface area contributed by atoms with Crippen LogP contribution in [0.4, 0.5) is 10.5 Å². The van der Waals surface area contributed by atoms with E-state index in [9.17, 15) is 4.79 Å². The van der Waals surface area contributed by atoms with E-state index in [2.05, 4.69) is 17.4 Å². The van der Waals surface area contributed by atoms with Crippen molar-refractivity contribution in [3.8, 4) is 22.9 Å². The molecule has 1 aliphatic heterocycles. The molecule has 5 rings (SSSR count). The van der Waals surface area contributed by atoms with Crippen LogP contribution in [0.1, 0.15) is 36.9 Å². The molecule has 0 fully saturated rings. The Kier molecular flexibility index (Phi) is 6.64. The Morgan fingerprint density at radius 2 is 1.73 bits per heavy atom. The number of anilines is 1. The number of methoxy groups -OCH3 is 2. The van der Waals surface area contributed by atoms with Crippen LogP contribution in [-0.4, -0.2) is 30.4 Å². The van der Waals surface area contributed by atoms with E-state index in [1.807, 2.05) is 79.7 Å². The fourth-order valence-corrected chi connectivity index (χ4v) is 4.51. The lowest BCUT2D eigenvalue weighted by molar-refractivity contribution is 0.244. The van der Waals surface area contributed by atoms with Crippen molar-refractivity contribution in [2.45, 2.75) is 26.3 Å². The van der Waals surface area contributed by atoms with Gasteiger partial charge in [0, 0.05) is 11.3 Å². The van der Waals surface area contributed by atoms with Crippen molar-refractivity contribution in [2.75, 3.05) is 19.1 Å². The second kappa shape index (κ2) is 10.2. The lowest BCUT2D eigenvalue weighted by Gasteiger charge is -2.35. The summed E-state index contributed by atoms with van der Waals surface area (Å²) in [5.41, 5.74) is 4.96. The number of aryl methyl sites for hydroxylation is 1. The normalized spacial score (nSPS) is 15.5. The number of hydrogen-bond donors (Lipinski definition) is 1. The van der Waals surface area contributed by atoms with E-state index in [4.69, 9.17) is 19.0 Å². The van der Waals surface area contributed by atoms with Crippen molar-refractivity contribution in [1.82, 2.24) is 15.5 Å². The number of carbonyl (C=O) groups excluding carboxylic acids is 1. The Balaban J connectivity index is 1.64. The minimum Gasteiger partial charge on any atom is -0.497 e. The van der Waals surface area contributed by atoms with E-state index in [1.54, 1.807) is 19.1 Å². The first kappa shape index (κ1) is 24.1. The monoisotopic (exact) mass is 496 g/mol. The molecule has 2 amide bonds. The largest absolute Gasteiger partial charge is 0.497 e. The van der Waals surface area contributed by atoms with Gasteiger partial charge in [-0.25, -0.2) is 4.79 Å². The molecule has 1 aliphatic rings. The molecule has 0 bridgehead atoms. The van der Waals surface area contributed by atoms with Gasteiger partial charge in [-0.05, 0) is 60.9 Å². The zero-order chi connectivity index (χ0) is 25.9. The molecule has 8 nitrogen and oxygen atoms in total. The molecule has 3 aromatic carbocycles. The molecule has 0 saturated heterocycles. The van der Waals surface area contributed by atoms with Crippen LogP contribution in [0.5, 0.6) is 11.5 Å². The highest BCUT2D eigenvalue weighted by Crippen LogP contribution is 2.39. The average molecular weight is 497 g/mol. The van der Waals surface area contributed by atoms with Gasteiger partial charge in [-0.2, -0.15) is 4.98 Å². The summed E-state index contributed by atoms with van der Waals surface area (Å²) in [6.45, 7) is 3.99. The van der Waals surface area contributed by atoms with Crippen molar-refractivity contribution in [3.63, 3.8) is 0 Å². The SMILES string of the molecule is CCc1cccc(N2C(=O)NC(c3ccc(OC)cc3)C(c3nc(-c4cccc(OC)c4)no3)=C2C)c1. The number of benzene rings is 3. The van der Waals surface area contributed by atoms with Crippen LogP contribution in [0.3, 0.4) is 0 Å². The molecule has 1 atom stereocenters. The zero-order valence-corrected chi connectivity index (χ0v) is 21.2. The molecular weight excluding hydrogens is 468 g/mol. The molecule has 0 spiro atoms. The van der Waals surface area contributed by atoms with Crippen LogP contribution >= 0.6 is 0 Å². The Morgan fingerprint density at radius 3 is 2.46 bits per heavy atom. The van der Waals surface area contributed by atoms with Gasteiger partial charge in [0.25, 0.3) is 5.89 Å². The third kappa shape index (κ3) is 4.65. The summed E-state index contributed by atoms with van der Waals surface area (Å²) in [5.74, 6) is 2.18. The van der Waals surface area contributed by atoms with Gasteiger partial charge < -0.3 is 19.3 Å². The second-order valence-corrected chi connectivity index (χ2v) is 8.67.